The number of nitrogens with zero attached hydrogens (tertiary/aromatic N) is 5. The van der Waals surface area contributed by atoms with E-state index in [1.807, 2.05) is 93.9 Å². The molecule has 0 spiro atoms. The number of amides is 3. The summed E-state index contributed by atoms with van der Waals surface area (Å²) in [5, 5.41) is 18.1. The number of Topliss-reactive ketones (excluding diaryl/α,β-unsaturated/α-hetero) is 1. The third-order valence-corrected chi connectivity index (χ3v) is 17.2. The number of nitrogens with one attached hydrogen (secondary N) is 2. The highest BCUT2D eigenvalue weighted by atomic mass is 35.5. The first-order valence-electron chi connectivity index (χ1n) is 25.9. The van der Waals surface area contributed by atoms with E-state index in [1.165, 1.54) is 4.90 Å². The van der Waals surface area contributed by atoms with Crippen LogP contribution in [0.1, 0.15) is 119 Å². The minimum atomic E-state index is -2.50. The van der Waals surface area contributed by atoms with Gasteiger partial charge in [0.15, 0.2) is 0 Å². The van der Waals surface area contributed by atoms with Crippen LogP contribution in [0.4, 0.5) is 5.69 Å². The van der Waals surface area contributed by atoms with Gasteiger partial charge in [0.05, 0.1) is 40.0 Å². The van der Waals surface area contributed by atoms with Crippen LogP contribution in [-0.2, 0) is 43.1 Å². The second-order valence-electron chi connectivity index (χ2n) is 21.4. The summed E-state index contributed by atoms with van der Waals surface area (Å²) in [6.07, 6.45) is 7.33. The number of thiazole rings is 1. The van der Waals surface area contributed by atoms with Crippen molar-refractivity contribution in [3.63, 3.8) is 0 Å². The number of hydrogen-bond donors (Lipinski definition) is 3. The molecule has 3 aromatic carbocycles. The van der Waals surface area contributed by atoms with E-state index in [0.717, 1.165) is 94.8 Å². The third-order valence-electron chi connectivity index (χ3n) is 14.3. The molecule has 0 saturated carbocycles. The van der Waals surface area contributed by atoms with Gasteiger partial charge in [-0.1, -0.05) is 99.8 Å². The number of anilines is 1. The van der Waals surface area contributed by atoms with E-state index in [9.17, 15) is 28.8 Å². The third kappa shape index (κ3) is 15.1. The Kier molecular flexibility index (Phi) is 19.3. The standard InChI is InChI=1S/C57H73ClN7O7PS/c1-37-54(74-36-61-37)39-20-18-38(19-21-39)33-60-55(69)49-32-45(67)35-65(49)56(70)46(57(2,3)4)31-44(66)15-10-8-9-11-17-53(68)62-42-24-26-64(27-25-42)43-23-22-40(50(30-43)72-5)29-52-59-34-47(58)48(63-52)28-41-14-12-13-16-51(41)73(6,7)71/h12-14,16,18-23,30,34,36,42,45-46,49,67H,8-11,15,17,24-29,31-33,35H2,1-7H3,(H,60,69)(H,62,68)/t45-,46-,49+/m1/s1. The quantitative estimate of drug-likeness (QED) is 0.0444. The molecule has 14 nitrogen and oxygen atoms in total. The number of carbonyl (C=O) groups is 4. The van der Waals surface area contributed by atoms with Crippen LogP contribution in [0.25, 0.3) is 10.4 Å². The summed E-state index contributed by atoms with van der Waals surface area (Å²) in [6, 6.07) is 21.1. The normalized spacial score (nSPS) is 16.8. The van der Waals surface area contributed by atoms with Crippen molar-refractivity contribution in [1.82, 2.24) is 30.5 Å². The summed E-state index contributed by atoms with van der Waals surface area (Å²) in [5.74, 6) is 0.145. The average Bonchev–Trinajstić information content (AvgIpc) is 3.99. The summed E-state index contributed by atoms with van der Waals surface area (Å²) >= 11 is 8.15. The zero-order valence-corrected chi connectivity index (χ0v) is 46.5. The van der Waals surface area contributed by atoms with E-state index >= 15 is 0 Å². The van der Waals surface area contributed by atoms with Crippen molar-refractivity contribution < 1.29 is 33.6 Å². The van der Waals surface area contributed by atoms with Gasteiger partial charge >= 0.3 is 0 Å². The largest absolute Gasteiger partial charge is 0.496 e. The SMILES string of the molecule is COc1cc(N2CCC(NC(=O)CCCCCCC(=O)C[C@H](C(=O)N3C[C@H](O)C[C@H]3C(=O)NCc3ccc(-c4scnc4C)cc3)C(C)(C)C)CC2)ccc1Cc1ncc(Cl)c(Cc2ccccc2P(C)(C)=O)n1. The van der Waals surface area contributed by atoms with Gasteiger partial charge in [0.1, 0.15) is 30.5 Å². The summed E-state index contributed by atoms with van der Waals surface area (Å²) in [5.41, 5.74) is 7.84. The monoisotopic (exact) mass is 1070 g/mol. The Morgan fingerprint density at radius 1 is 0.932 bits per heavy atom. The molecule has 2 aliphatic heterocycles. The van der Waals surface area contributed by atoms with Gasteiger partial charge in [-0.15, -0.1) is 11.3 Å². The molecule has 2 saturated heterocycles. The minimum Gasteiger partial charge on any atom is -0.496 e. The number of carbonyl (C=O) groups excluding carboxylic acids is 4. The smallest absolute Gasteiger partial charge is 0.243 e. The first-order valence-corrected chi connectivity index (χ1v) is 29.8. The number of hydrogen-bond acceptors (Lipinski definition) is 12. The number of aromatic nitrogens is 3. The molecule has 396 valence electrons. The highest BCUT2D eigenvalue weighted by molar-refractivity contribution is 7.70. The predicted molar refractivity (Wildman–Crippen MR) is 295 cm³/mol. The molecule has 17 heteroatoms. The van der Waals surface area contributed by atoms with Gasteiger partial charge in [-0.3, -0.25) is 19.2 Å². The number of aliphatic hydroxyl groups excluding tert-OH is 1. The van der Waals surface area contributed by atoms with Crippen molar-refractivity contribution in [2.24, 2.45) is 11.3 Å². The maximum absolute atomic E-state index is 14.1. The van der Waals surface area contributed by atoms with Crippen LogP contribution in [0.5, 0.6) is 5.75 Å². The van der Waals surface area contributed by atoms with Crippen LogP contribution in [0.15, 0.2) is 78.4 Å². The van der Waals surface area contributed by atoms with Gasteiger partial charge in [-0.05, 0) is 74.1 Å². The highest BCUT2D eigenvalue weighted by Crippen LogP contribution is 2.38. The molecule has 2 aliphatic rings. The molecule has 2 aromatic heterocycles. The fraction of sp³-hybridized carbons (Fsp3) is 0.491. The van der Waals surface area contributed by atoms with Crippen LogP contribution in [0.2, 0.25) is 5.02 Å². The molecule has 7 rings (SSSR count). The molecule has 74 heavy (non-hydrogen) atoms. The second-order valence-corrected chi connectivity index (χ2v) is 25.8. The second kappa shape index (κ2) is 25.4. The van der Waals surface area contributed by atoms with Crippen LogP contribution >= 0.6 is 30.1 Å². The Labute approximate surface area is 445 Å². The van der Waals surface area contributed by atoms with E-state index in [2.05, 4.69) is 31.6 Å². The molecule has 0 unspecified atom stereocenters. The van der Waals surface area contributed by atoms with Crippen molar-refractivity contribution in [2.45, 2.75) is 129 Å². The lowest BCUT2D eigenvalue weighted by molar-refractivity contribution is -0.146. The maximum Gasteiger partial charge on any atom is 0.243 e. The first-order chi connectivity index (χ1) is 35.3. The summed E-state index contributed by atoms with van der Waals surface area (Å²) in [6.45, 7) is 13.2. The Morgan fingerprint density at radius 3 is 2.32 bits per heavy atom. The molecule has 3 atom stereocenters. The van der Waals surface area contributed by atoms with Gasteiger partial charge in [0.2, 0.25) is 17.7 Å². The first kappa shape index (κ1) is 56.3. The number of unbranched alkanes of at least 4 members (excludes halogenated alkanes) is 3. The van der Waals surface area contributed by atoms with E-state index in [-0.39, 0.29) is 55.5 Å². The average molecular weight is 1070 g/mol. The number of halogens is 1. The Bertz CT molecular complexity index is 2800. The summed E-state index contributed by atoms with van der Waals surface area (Å²) in [7, 11) is -0.837. The fourth-order valence-corrected chi connectivity index (χ4v) is 12.3. The number of rotatable bonds is 22. The summed E-state index contributed by atoms with van der Waals surface area (Å²) < 4.78 is 18.8. The van der Waals surface area contributed by atoms with Crippen LogP contribution < -0.4 is 25.6 Å². The van der Waals surface area contributed by atoms with Crippen LogP contribution in [-0.4, -0.2) is 107 Å². The Morgan fingerprint density at radius 2 is 1.65 bits per heavy atom. The number of methoxy groups -OCH3 is 1. The van der Waals surface area contributed by atoms with Crippen LogP contribution in [0.3, 0.4) is 0 Å². The number of benzene rings is 3. The lowest BCUT2D eigenvalue weighted by Gasteiger charge is -2.34. The van der Waals surface area contributed by atoms with Gasteiger partial charge in [-0.2, -0.15) is 0 Å². The van der Waals surface area contributed by atoms with Gasteiger partial charge in [0, 0.05) is 105 Å². The maximum atomic E-state index is 14.1. The highest BCUT2D eigenvalue weighted by Gasteiger charge is 2.44. The zero-order chi connectivity index (χ0) is 53.2. The van der Waals surface area contributed by atoms with Gasteiger partial charge in [-0.25, -0.2) is 15.0 Å². The van der Waals surface area contributed by atoms with Crippen molar-refractivity contribution in [3.8, 4) is 16.2 Å². The van der Waals surface area contributed by atoms with Gasteiger partial charge in [0.25, 0.3) is 0 Å². The molecule has 0 bridgehead atoms. The zero-order valence-electron chi connectivity index (χ0n) is 44.0. The molecule has 5 aromatic rings. The van der Waals surface area contributed by atoms with Crippen molar-refractivity contribution in [1.29, 1.82) is 0 Å². The summed E-state index contributed by atoms with van der Waals surface area (Å²) in [4.78, 5) is 72.6. The number of piperidine rings is 1. The molecule has 3 N–H and O–H groups in total. The Hall–Kier alpha value is -5.47. The van der Waals surface area contributed by atoms with Gasteiger partial charge < -0.3 is 34.8 Å². The number of β-amino-alcohol motifs (C(OH)–C–C–N with tert-alkyl or cyclic N) is 1. The topological polar surface area (TPSA) is 184 Å². The van der Waals surface area contributed by atoms with E-state index in [1.54, 1.807) is 38.0 Å². The number of likely N-dealkylation sites (tertiary alicyclic amines) is 1. The molecule has 0 radical (unpaired) electrons. The minimum absolute atomic E-state index is 0.00205. The predicted octanol–water partition coefficient (Wildman–Crippen LogP) is 9.33. The molecule has 4 heterocycles. The van der Waals surface area contributed by atoms with E-state index in [0.29, 0.717) is 48.6 Å². The number of aryl methyl sites for hydroxylation is 1. The Balaban J connectivity index is 0.802. The lowest BCUT2D eigenvalue weighted by atomic mass is 9.76. The van der Waals surface area contributed by atoms with Crippen molar-refractivity contribution in [2.75, 3.05) is 45.0 Å². The molecular formula is C57H73ClN7O7PS. The fourth-order valence-electron chi connectivity index (χ4n) is 10.1. The number of aliphatic hydroxyl groups is 1. The van der Waals surface area contributed by atoms with Crippen molar-refractivity contribution in [3.05, 3.63) is 117 Å². The molecule has 0 aliphatic carbocycles. The number of ketones is 1. The molecular weight excluding hydrogens is 993 g/mol. The van der Waals surface area contributed by atoms with E-state index in [4.69, 9.17) is 21.3 Å². The number of ether oxygens (including phenoxy) is 1. The van der Waals surface area contributed by atoms with E-state index < -0.39 is 30.6 Å². The van der Waals surface area contributed by atoms with Crippen molar-refractivity contribution >= 4 is 64.6 Å². The molecule has 2 fully saturated rings. The lowest BCUT2D eigenvalue weighted by Crippen LogP contribution is -2.50. The van der Waals surface area contributed by atoms with Crippen LogP contribution in [0, 0.1) is 18.3 Å². The molecule has 3 amide bonds.